The third kappa shape index (κ3) is 7.32. The van der Waals surface area contributed by atoms with E-state index in [4.69, 9.17) is 43.8 Å². The molecular formula is C36H23Cl3N4O4S3. The molecule has 8 rings (SSSR count). The van der Waals surface area contributed by atoms with Gasteiger partial charge in [0.25, 0.3) is 0 Å². The molecule has 14 heteroatoms. The molecule has 0 amide bonds. The zero-order valence-electron chi connectivity index (χ0n) is 25.5. The summed E-state index contributed by atoms with van der Waals surface area (Å²) in [4.78, 5) is 9.03. The van der Waals surface area contributed by atoms with Crippen LogP contribution in [0.25, 0.3) is 44.5 Å². The van der Waals surface area contributed by atoms with Crippen LogP contribution in [0.5, 0.6) is 0 Å². The van der Waals surface area contributed by atoms with E-state index in [9.17, 15) is 10.2 Å². The standard InChI is InChI=1S/C19H12Cl2N2O2S.C17H11ClN2O2S2/c20-14-5-3-11(4-6-14)19-16(18(24)12-2-1-7-22-9-12)17(23-25-19)13-8-15(21)26-10-13;18-13-4-3-12(24-13)15-14(16(21)10-2-1-6-19-8-10)17(22-20-15)11-5-7-23-9-11/h1-10,18,24H;1-9,16,21H. The van der Waals surface area contributed by atoms with Gasteiger partial charge in [-0.2, -0.15) is 11.3 Å². The third-order valence-electron chi connectivity index (χ3n) is 7.54. The molecule has 1 aromatic carbocycles. The van der Waals surface area contributed by atoms with E-state index in [0.717, 1.165) is 21.6 Å². The van der Waals surface area contributed by atoms with Crippen LogP contribution in [0.15, 0.2) is 123 Å². The lowest BCUT2D eigenvalue weighted by atomic mass is 9.96. The van der Waals surface area contributed by atoms with Crippen molar-refractivity contribution in [2.45, 2.75) is 12.2 Å². The minimum atomic E-state index is -0.950. The summed E-state index contributed by atoms with van der Waals surface area (Å²) in [5.74, 6) is 1.04. The number of hydrogen-bond donors (Lipinski definition) is 2. The highest BCUT2D eigenvalue weighted by atomic mass is 35.5. The largest absolute Gasteiger partial charge is 0.383 e. The van der Waals surface area contributed by atoms with Crippen molar-refractivity contribution in [1.82, 2.24) is 20.3 Å². The van der Waals surface area contributed by atoms with Crippen LogP contribution < -0.4 is 0 Å². The fraction of sp³-hybridized carbons (Fsp3) is 0.0556. The van der Waals surface area contributed by atoms with Crippen molar-refractivity contribution < 1.29 is 19.3 Å². The lowest BCUT2D eigenvalue weighted by Crippen LogP contribution is -2.02. The number of aliphatic hydroxyl groups excluding tert-OH is 2. The molecule has 0 saturated heterocycles. The Morgan fingerprint density at radius 3 is 1.82 bits per heavy atom. The van der Waals surface area contributed by atoms with Crippen LogP contribution in [-0.4, -0.2) is 30.5 Å². The number of thiophene rings is 3. The van der Waals surface area contributed by atoms with Crippen molar-refractivity contribution >= 4 is 68.8 Å². The van der Waals surface area contributed by atoms with Crippen LogP contribution in [0.4, 0.5) is 0 Å². The summed E-state index contributed by atoms with van der Waals surface area (Å²) in [6, 6.07) is 21.8. The second-order valence-electron chi connectivity index (χ2n) is 10.7. The summed E-state index contributed by atoms with van der Waals surface area (Å²) >= 11 is 22.5. The smallest absolute Gasteiger partial charge is 0.174 e. The Hall–Kier alpha value is -4.17. The van der Waals surface area contributed by atoms with Crippen molar-refractivity contribution in [1.29, 1.82) is 0 Å². The van der Waals surface area contributed by atoms with E-state index >= 15 is 0 Å². The molecule has 2 N–H and O–H groups in total. The summed E-state index contributed by atoms with van der Waals surface area (Å²) in [6.45, 7) is 0. The minimum absolute atomic E-state index is 0.482. The van der Waals surface area contributed by atoms with Gasteiger partial charge in [0.05, 0.1) is 24.7 Å². The zero-order chi connectivity index (χ0) is 34.6. The molecule has 0 saturated carbocycles. The molecule has 7 heterocycles. The average molecular weight is 778 g/mol. The molecule has 0 aliphatic carbocycles. The first-order valence-electron chi connectivity index (χ1n) is 14.8. The van der Waals surface area contributed by atoms with Gasteiger partial charge in [0, 0.05) is 68.4 Å². The topological polar surface area (TPSA) is 118 Å². The van der Waals surface area contributed by atoms with Gasteiger partial charge in [-0.1, -0.05) is 57.2 Å². The number of aliphatic hydroxyl groups is 2. The normalized spacial score (nSPS) is 12.3. The highest BCUT2D eigenvalue weighted by molar-refractivity contribution is 7.19. The van der Waals surface area contributed by atoms with E-state index in [-0.39, 0.29) is 0 Å². The maximum atomic E-state index is 11.0. The zero-order valence-corrected chi connectivity index (χ0v) is 30.2. The monoisotopic (exact) mass is 776 g/mol. The molecule has 50 heavy (non-hydrogen) atoms. The molecule has 7 aromatic heterocycles. The van der Waals surface area contributed by atoms with Crippen LogP contribution >= 0.6 is 68.8 Å². The molecule has 0 aliphatic rings. The predicted molar refractivity (Wildman–Crippen MR) is 200 cm³/mol. The van der Waals surface area contributed by atoms with E-state index in [1.54, 1.807) is 78.6 Å². The van der Waals surface area contributed by atoms with Gasteiger partial charge < -0.3 is 19.3 Å². The fourth-order valence-corrected chi connectivity index (χ4v) is 7.85. The Morgan fingerprint density at radius 2 is 1.28 bits per heavy atom. The summed E-state index contributed by atoms with van der Waals surface area (Å²) in [7, 11) is 0. The van der Waals surface area contributed by atoms with Gasteiger partial charge in [-0.25, -0.2) is 0 Å². The Labute approximate surface area is 312 Å². The van der Waals surface area contributed by atoms with Gasteiger partial charge in [0.2, 0.25) is 0 Å². The van der Waals surface area contributed by atoms with Gasteiger partial charge in [-0.05, 0) is 66.0 Å². The van der Waals surface area contributed by atoms with Crippen molar-refractivity contribution in [2.24, 2.45) is 0 Å². The van der Waals surface area contributed by atoms with Crippen molar-refractivity contribution in [3.63, 3.8) is 0 Å². The van der Waals surface area contributed by atoms with Crippen LogP contribution in [0, 0.1) is 0 Å². The lowest BCUT2D eigenvalue weighted by molar-refractivity contribution is 0.220. The minimum Gasteiger partial charge on any atom is -0.383 e. The molecule has 0 fully saturated rings. The molecule has 0 aliphatic heterocycles. The van der Waals surface area contributed by atoms with Crippen LogP contribution in [-0.2, 0) is 0 Å². The average Bonchev–Trinajstić information content (AvgIpc) is 3.99. The highest BCUT2D eigenvalue weighted by Gasteiger charge is 2.28. The first-order chi connectivity index (χ1) is 24.4. The first kappa shape index (κ1) is 34.3. The van der Waals surface area contributed by atoms with Crippen LogP contribution in [0.2, 0.25) is 13.7 Å². The third-order valence-corrected chi connectivity index (χ3v) is 10.8. The van der Waals surface area contributed by atoms with E-state index in [2.05, 4.69) is 20.3 Å². The lowest BCUT2D eigenvalue weighted by Gasteiger charge is -2.12. The first-order valence-corrected chi connectivity index (χ1v) is 18.6. The maximum absolute atomic E-state index is 11.0. The summed E-state index contributed by atoms with van der Waals surface area (Å²) < 4.78 is 12.5. The van der Waals surface area contributed by atoms with Gasteiger partial charge in [-0.15, -0.1) is 22.7 Å². The second-order valence-corrected chi connectivity index (χ2v) is 15.2. The summed E-state index contributed by atoms with van der Waals surface area (Å²) in [5.41, 5.74) is 6.12. The van der Waals surface area contributed by atoms with Crippen molar-refractivity contribution in [2.75, 3.05) is 0 Å². The number of halogens is 3. The number of hydrogen-bond acceptors (Lipinski definition) is 11. The molecule has 0 spiro atoms. The molecule has 250 valence electrons. The highest BCUT2D eigenvalue weighted by Crippen LogP contribution is 2.43. The molecule has 8 aromatic rings. The van der Waals surface area contributed by atoms with Gasteiger partial charge in [-0.3, -0.25) is 9.97 Å². The molecule has 2 atom stereocenters. The van der Waals surface area contributed by atoms with E-state index in [1.807, 2.05) is 46.5 Å². The molecular weight excluding hydrogens is 755 g/mol. The van der Waals surface area contributed by atoms with E-state index in [0.29, 0.717) is 58.9 Å². The van der Waals surface area contributed by atoms with E-state index in [1.165, 1.54) is 22.7 Å². The van der Waals surface area contributed by atoms with Gasteiger partial charge in [0.1, 0.15) is 23.6 Å². The van der Waals surface area contributed by atoms with Crippen LogP contribution in [0.3, 0.4) is 0 Å². The van der Waals surface area contributed by atoms with Crippen molar-refractivity contribution in [3.8, 4) is 44.5 Å². The van der Waals surface area contributed by atoms with E-state index < -0.39 is 12.2 Å². The summed E-state index contributed by atoms with van der Waals surface area (Å²) in [5, 5.41) is 36.8. The quantitative estimate of drug-likeness (QED) is 0.157. The van der Waals surface area contributed by atoms with Gasteiger partial charge >= 0.3 is 0 Å². The number of aromatic nitrogens is 4. The fourth-order valence-electron chi connectivity index (χ4n) is 5.18. The van der Waals surface area contributed by atoms with Crippen LogP contribution in [0.1, 0.15) is 34.5 Å². The van der Waals surface area contributed by atoms with Gasteiger partial charge in [0.15, 0.2) is 11.5 Å². The Kier molecular flexibility index (Phi) is 10.5. The number of rotatable bonds is 8. The molecule has 0 radical (unpaired) electrons. The number of nitrogens with zero attached hydrogens (tertiary/aromatic N) is 4. The SMILES string of the molecule is OC(c1cccnc1)c1c(-c2ccc(Cl)s2)noc1-c1ccsc1.OC(c1cccnc1)c1c(-c2csc(Cl)c2)noc1-c1ccc(Cl)cc1. The Balaban J connectivity index is 0.000000157. The molecule has 8 nitrogen and oxygen atoms in total. The maximum Gasteiger partial charge on any atom is 0.174 e. The summed E-state index contributed by atoms with van der Waals surface area (Å²) in [6.07, 6.45) is 4.74. The molecule has 0 bridgehead atoms. The number of pyridine rings is 2. The number of benzene rings is 1. The Bertz CT molecular complexity index is 2310. The van der Waals surface area contributed by atoms with Crippen molar-refractivity contribution in [3.05, 3.63) is 150 Å². The second kappa shape index (κ2) is 15.4. The Morgan fingerprint density at radius 1 is 0.640 bits per heavy atom. The molecule has 2 unspecified atom stereocenters. The predicted octanol–water partition coefficient (Wildman–Crippen LogP) is 11.1.